The van der Waals surface area contributed by atoms with E-state index in [1.807, 2.05) is 6.92 Å². The molecule has 1 fully saturated rings. The molecule has 0 saturated heterocycles. The van der Waals surface area contributed by atoms with Crippen molar-refractivity contribution in [2.75, 3.05) is 14.2 Å². The van der Waals surface area contributed by atoms with Gasteiger partial charge in [0.15, 0.2) is 10.7 Å². The zero-order chi connectivity index (χ0) is 22.9. The molecule has 0 aromatic heterocycles. The van der Waals surface area contributed by atoms with Crippen LogP contribution in [0.15, 0.2) is 29.2 Å². The molecule has 30 heavy (non-hydrogen) atoms. The number of carbonyl (C=O) groups excluding carboxylic acids is 3. The maximum Gasteiger partial charge on any atom is 0.325 e. The van der Waals surface area contributed by atoms with E-state index in [-0.39, 0.29) is 6.42 Å². The Bertz CT molecular complexity index is 824. The van der Waals surface area contributed by atoms with Crippen molar-refractivity contribution >= 4 is 28.7 Å². The minimum absolute atomic E-state index is 0.0854. The van der Waals surface area contributed by atoms with Crippen LogP contribution in [-0.2, 0) is 39.4 Å². The van der Waals surface area contributed by atoms with Crippen LogP contribution in [0, 0.1) is 18.3 Å². The normalized spacial score (nSPS) is 20.4. The molecule has 8 nitrogen and oxygen atoms in total. The first-order chi connectivity index (χ1) is 13.9. The fourth-order valence-electron chi connectivity index (χ4n) is 3.36. The first-order valence-corrected chi connectivity index (χ1v) is 10.7. The predicted octanol–water partition coefficient (Wildman–Crippen LogP) is 1.53. The Balaban J connectivity index is 2.42. The van der Waals surface area contributed by atoms with E-state index >= 15 is 0 Å². The number of carbonyl (C=O) groups is 3. The molecule has 0 spiro atoms. The average Bonchev–Trinajstić information content (AvgIpc) is 3.42. The molecule has 0 bridgehead atoms. The highest BCUT2D eigenvalue weighted by Crippen LogP contribution is 2.57. The van der Waals surface area contributed by atoms with Crippen molar-refractivity contribution in [1.29, 1.82) is 0 Å². The van der Waals surface area contributed by atoms with E-state index in [0.29, 0.717) is 4.90 Å². The number of aryl methyl sites for hydroxylation is 1. The Morgan fingerprint density at radius 1 is 1.10 bits per heavy atom. The first-order valence-electron chi connectivity index (χ1n) is 9.44. The van der Waals surface area contributed by atoms with Gasteiger partial charge < -0.3 is 19.3 Å². The molecule has 1 aromatic rings. The monoisotopic (exact) mass is 440 g/mol. The molecule has 4 atom stereocenters. The molecule has 0 heterocycles. The largest absolute Gasteiger partial charge is 0.468 e. The molecule has 0 radical (unpaired) electrons. The predicted molar refractivity (Wildman–Crippen MR) is 108 cm³/mol. The smallest absolute Gasteiger partial charge is 0.325 e. The molecule has 0 amide bonds. The summed E-state index contributed by atoms with van der Waals surface area (Å²) in [4.78, 5) is 37.8. The van der Waals surface area contributed by atoms with Crippen LogP contribution in [0.4, 0.5) is 0 Å². The van der Waals surface area contributed by atoms with Crippen LogP contribution in [0.1, 0.15) is 32.8 Å². The zero-order valence-corrected chi connectivity index (χ0v) is 18.8. The third-order valence-electron chi connectivity index (χ3n) is 4.96. The Morgan fingerprint density at radius 3 is 2.03 bits per heavy atom. The van der Waals surface area contributed by atoms with E-state index in [4.69, 9.17) is 14.2 Å². The van der Waals surface area contributed by atoms with E-state index in [0.717, 1.165) is 19.8 Å². The van der Waals surface area contributed by atoms with Gasteiger partial charge in [-0.3, -0.25) is 18.6 Å². The molecular formula is C21H28O8S. The van der Waals surface area contributed by atoms with Crippen LogP contribution in [0.3, 0.4) is 0 Å². The second-order valence-corrected chi connectivity index (χ2v) is 9.89. The summed E-state index contributed by atoms with van der Waals surface area (Å²) in [5.41, 5.74) is -1.69. The number of hydrogen-bond donors (Lipinski definition) is 1. The summed E-state index contributed by atoms with van der Waals surface area (Å²) in [6.07, 6.45) is -1.68. The van der Waals surface area contributed by atoms with Gasteiger partial charge in [0.2, 0.25) is 0 Å². The van der Waals surface area contributed by atoms with Crippen molar-refractivity contribution in [1.82, 2.24) is 0 Å². The lowest BCUT2D eigenvalue weighted by atomic mass is 9.99. The quantitative estimate of drug-likeness (QED) is 0.385. The first kappa shape index (κ1) is 24.0. The van der Waals surface area contributed by atoms with Crippen LogP contribution >= 0.6 is 0 Å². The maximum atomic E-state index is 13.3. The molecule has 9 heteroatoms. The fraction of sp³-hybridized carbons (Fsp3) is 0.571. The fourth-order valence-corrected chi connectivity index (χ4v) is 4.72. The van der Waals surface area contributed by atoms with Crippen molar-refractivity contribution < 1.29 is 37.9 Å². The third-order valence-corrected chi connectivity index (χ3v) is 6.63. The van der Waals surface area contributed by atoms with Crippen LogP contribution in [0.2, 0.25) is 0 Å². The Kier molecular flexibility index (Phi) is 7.08. The van der Waals surface area contributed by atoms with Crippen LogP contribution < -0.4 is 0 Å². The number of aliphatic hydroxyl groups excluding tert-OH is 1. The highest BCUT2D eigenvalue weighted by atomic mass is 32.2. The van der Waals surface area contributed by atoms with Crippen LogP contribution in [-0.4, -0.2) is 58.4 Å². The van der Waals surface area contributed by atoms with E-state index in [2.05, 4.69) is 0 Å². The molecular weight excluding hydrogens is 412 g/mol. The summed E-state index contributed by atoms with van der Waals surface area (Å²) in [6.45, 7) is 6.80. The van der Waals surface area contributed by atoms with Crippen molar-refractivity contribution in [3.63, 3.8) is 0 Å². The number of esters is 3. The van der Waals surface area contributed by atoms with Gasteiger partial charge in [-0.2, -0.15) is 0 Å². The Labute approximate surface area is 178 Å². The van der Waals surface area contributed by atoms with Crippen molar-refractivity contribution in [3.8, 4) is 0 Å². The summed E-state index contributed by atoms with van der Waals surface area (Å²) >= 11 is 0. The lowest BCUT2D eigenvalue weighted by Crippen LogP contribution is -2.45. The van der Waals surface area contributed by atoms with Gasteiger partial charge in [0.1, 0.15) is 5.60 Å². The van der Waals surface area contributed by atoms with Crippen LogP contribution in [0.25, 0.3) is 0 Å². The van der Waals surface area contributed by atoms with Crippen molar-refractivity contribution in [2.45, 2.75) is 56.0 Å². The van der Waals surface area contributed by atoms with Crippen LogP contribution in [0.5, 0.6) is 0 Å². The molecule has 1 saturated carbocycles. The van der Waals surface area contributed by atoms with Gasteiger partial charge in [-0.15, -0.1) is 0 Å². The summed E-state index contributed by atoms with van der Waals surface area (Å²) in [7, 11) is 0.234. The number of benzene rings is 1. The second kappa shape index (κ2) is 8.85. The number of ether oxygens (including phenoxy) is 3. The van der Waals surface area contributed by atoms with E-state index in [1.165, 1.54) is 0 Å². The van der Waals surface area contributed by atoms with Crippen molar-refractivity contribution in [2.24, 2.45) is 11.3 Å². The maximum absolute atomic E-state index is 13.3. The van der Waals surface area contributed by atoms with Gasteiger partial charge >= 0.3 is 17.9 Å². The van der Waals surface area contributed by atoms with Gasteiger partial charge in [0, 0.05) is 10.8 Å². The zero-order valence-electron chi connectivity index (χ0n) is 18.0. The number of hydrogen-bond acceptors (Lipinski definition) is 8. The van der Waals surface area contributed by atoms with Crippen molar-refractivity contribution in [3.05, 3.63) is 29.8 Å². The van der Waals surface area contributed by atoms with E-state index in [9.17, 15) is 23.7 Å². The summed E-state index contributed by atoms with van der Waals surface area (Å²) in [6, 6.07) is 6.65. The topological polar surface area (TPSA) is 116 Å². The lowest BCUT2D eigenvalue weighted by Gasteiger charge is -2.27. The standard InChI is InChI=1S/C21H28O8S/c1-12-7-9-13(10-8-12)30(26)16(17(23)29-20(2,3)4)15(22)14-11-21(14,18(24)27-5)19(25)28-6/h7-10,14-16,22H,11H2,1-6H3. The highest BCUT2D eigenvalue weighted by Gasteiger charge is 2.71. The van der Waals surface area contributed by atoms with E-state index in [1.54, 1.807) is 45.0 Å². The van der Waals surface area contributed by atoms with Gasteiger partial charge in [0.25, 0.3) is 0 Å². The molecule has 4 unspecified atom stereocenters. The summed E-state index contributed by atoms with van der Waals surface area (Å²) in [5.74, 6) is -3.63. The molecule has 1 aromatic carbocycles. The number of rotatable bonds is 7. The molecule has 2 rings (SSSR count). The highest BCUT2D eigenvalue weighted by molar-refractivity contribution is 7.86. The van der Waals surface area contributed by atoms with Gasteiger partial charge in [0.05, 0.1) is 31.1 Å². The van der Waals surface area contributed by atoms with Gasteiger partial charge in [-0.05, 0) is 46.2 Å². The summed E-state index contributed by atoms with van der Waals surface area (Å²) < 4.78 is 28.1. The number of methoxy groups -OCH3 is 2. The molecule has 0 aliphatic heterocycles. The minimum Gasteiger partial charge on any atom is -0.468 e. The average molecular weight is 441 g/mol. The lowest BCUT2D eigenvalue weighted by molar-refractivity contribution is -0.165. The third kappa shape index (κ3) is 4.73. The molecule has 1 aliphatic rings. The second-order valence-electron chi connectivity index (χ2n) is 8.32. The van der Waals surface area contributed by atoms with Gasteiger partial charge in [-0.1, -0.05) is 17.7 Å². The molecule has 166 valence electrons. The number of aliphatic hydroxyl groups is 1. The minimum atomic E-state index is -2.00. The molecule has 1 aliphatic carbocycles. The summed E-state index contributed by atoms with van der Waals surface area (Å²) in [5, 5.41) is 9.51. The SMILES string of the molecule is COC(=O)C1(C(=O)OC)CC1C(O)C(C(=O)OC(C)(C)C)S(=O)c1ccc(C)cc1. The van der Waals surface area contributed by atoms with E-state index < -0.39 is 57.0 Å². The Morgan fingerprint density at radius 2 is 1.60 bits per heavy atom. The molecule has 1 N–H and O–H groups in total. The Hall–Kier alpha value is -2.26. The van der Waals surface area contributed by atoms with Gasteiger partial charge in [-0.25, -0.2) is 0 Å².